The minimum atomic E-state index is -1.38. The van der Waals surface area contributed by atoms with E-state index in [-0.39, 0.29) is 40.5 Å². The molecular formula is C24H36O6. The normalized spacial score (nSPS) is 11.5. The van der Waals surface area contributed by atoms with Crippen LogP contribution in [0.25, 0.3) is 0 Å². The SMILES string of the molecule is CC(C)CCc1c(CCC(C)C)c(C(=O)O)c(C(=O)O)c(CCC(C)C)c1C(=O)O. The second-order valence-corrected chi connectivity index (χ2v) is 9.27. The van der Waals surface area contributed by atoms with Gasteiger partial charge in [-0.05, 0) is 73.0 Å². The first-order valence-corrected chi connectivity index (χ1v) is 10.8. The summed E-state index contributed by atoms with van der Waals surface area (Å²) >= 11 is 0. The van der Waals surface area contributed by atoms with Gasteiger partial charge in [-0.25, -0.2) is 14.4 Å². The molecule has 3 N–H and O–H groups in total. The van der Waals surface area contributed by atoms with Gasteiger partial charge in [0.15, 0.2) is 0 Å². The van der Waals surface area contributed by atoms with Crippen molar-refractivity contribution in [2.24, 2.45) is 17.8 Å². The van der Waals surface area contributed by atoms with Gasteiger partial charge in [-0.3, -0.25) is 0 Å². The van der Waals surface area contributed by atoms with Crippen LogP contribution in [0.1, 0.15) is 109 Å². The average molecular weight is 421 g/mol. The molecule has 0 heterocycles. The molecule has 0 saturated carbocycles. The minimum absolute atomic E-state index is 0.00236. The lowest BCUT2D eigenvalue weighted by Crippen LogP contribution is -2.23. The van der Waals surface area contributed by atoms with Gasteiger partial charge in [0.1, 0.15) is 0 Å². The van der Waals surface area contributed by atoms with Crippen molar-refractivity contribution in [1.29, 1.82) is 0 Å². The summed E-state index contributed by atoms with van der Waals surface area (Å²) in [5.74, 6) is -3.07. The Labute approximate surface area is 179 Å². The molecule has 1 aromatic rings. The van der Waals surface area contributed by atoms with Crippen LogP contribution >= 0.6 is 0 Å². The van der Waals surface area contributed by atoms with E-state index in [1.165, 1.54) is 0 Å². The van der Waals surface area contributed by atoms with Crippen molar-refractivity contribution in [1.82, 2.24) is 0 Å². The smallest absolute Gasteiger partial charge is 0.336 e. The van der Waals surface area contributed by atoms with Gasteiger partial charge in [0, 0.05) is 0 Å². The third-order valence-electron chi connectivity index (χ3n) is 5.38. The van der Waals surface area contributed by atoms with Crippen LogP contribution in [0.3, 0.4) is 0 Å². The van der Waals surface area contributed by atoms with Gasteiger partial charge < -0.3 is 15.3 Å². The Morgan fingerprint density at radius 1 is 0.533 bits per heavy atom. The molecule has 1 aromatic carbocycles. The fourth-order valence-corrected chi connectivity index (χ4v) is 3.74. The van der Waals surface area contributed by atoms with Gasteiger partial charge in [-0.1, -0.05) is 41.5 Å². The zero-order valence-electron chi connectivity index (χ0n) is 19.0. The van der Waals surface area contributed by atoms with E-state index >= 15 is 0 Å². The number of rotatable bonds is 12. The van der Waals surface area contributed by atoms with E-state index in [4.69, 9.17) is 0 Å². The van der Waals surface area contributed by atoms with Crippen LogP contribution in [-0.4, -0.2) is 33.2 Å². The lowest BCUT2D eigenvalue weighted by molar-refractivity contribution is 0.0645. The second kappa shape index (κ2) is 11.1. The fraction of sp³-hybridized carbons (Fsp3) is 0.625. The Morgan fingerprint density at radius 3 is 1.10 bits per heavy atom. The first-order valence-electron chi connectivity index (χ1n) is 10.8. The first-order chi connectivity index (χ1) is 13.9. The summed E-state index contributed by atoms with van der Waals surface area (Å²) in [6.07, 6.45) is 2.91. The van der Waals surface area contributed by atoms with Crippen LogP contribution in [0, 0.1) is 17.8 Å². The summed E-state index contributed by atoms with van der Waals surface area (Å²) in [7, 11) is 0. The molecule has 0 amide bonds. The Bertz CT molecular complexity index is 790. The lowest BCUT2D eigenvalue weighted by atomic mass is 9.80. The first kappa shape index (κ1) is 25.7. The Kier molecular flexibility index (Phi) is 9.53. The van der Waals surface area contributed by atoms with Crippen molar-refractivity contribution < 1.29 is 29.7 Å². The second-order valence-electron chi connectivity index (χ2n) is 9.27. The Morgan fingerprint density at radius 2 is 0.800 bits per heavy atom. The van der Waals surface area contributed by atoms with E-state index in [2.05, 4.69) is 0 Å². The van der Waals surface area contributed by atoms with Gasteiger partial charge in [0.05, 0.1) is 16.7 Å². The van der Waals surface area contributed by atoms with Crippen molar-refractivity contribution >= 4 is 17.9 Å². The van der Waals surface area contributed by atoms with E-state index in [1.54, 1.807) is 0 Å². The predicted molar refractivity (Wildman–Crippen MR) is 117 cm³/mol. The molecule has 0 saturated heterocycles. The molecule has 0 spiro atoms. The number of carboxylic acids is 3. The molecule has 0 bridgehead atoms. The molecule has 0 aliphatic carbocycles. The number of carboxylic acid groups (broad SMARTS) is 3. The van der Waals surface area contributed by atoms with Crippen LogP contribution in [0.5, 0.6) is 0 Å². The van der Waals surface area contributed by atoms with Crippen LogP contribution in [0.2, 0.25) is 0 Å². The molecule has 0 fully saturated rings. The van der Waals surface area contributed by atoms with Gasteiger partial charge in [-0.2, -0.15) is 0 Å². The zero-order valence-corrected chi connectivity index (χ0v) is 19.0. The molecule has 0 aliphatic rings. The maximum absolute atomic E-state index is 12.3. The molecule has 0 unspecified atom stereocenters. The summed E-state index contributed by atoms with van der Waals surface area (Å²) in [6, 6.07) is 0. The fourth-order valence-electron chi connectivity index (χ4n) is 3.74. The van der Waals surface area contributed by atoms with Gasteiger partial charge >= 0.3 is 17.9 Å². The summed E-state index contributed by atoms with van der Waals surface area (Å²) in [5.41, 5.74) is 0.432. The molecule has 6 nitrogen and oxygen atoms in total. The molecule has 0 atom stereocenters. The summed E-state index contributed by atoms with van der Waals surface area (Å²) < 4.78 is 0. The Balaban J connectivity index is 4.01. The highest BCUT2D eigenvalue weighted by atomic mass is 16.4. The van der Waals surface area contributed by atoms with E-state index in [9.17, 15) is 29.7 Å². The quantitative estimate of drug-likeness (QED) is 0.409. The van der Waals surface area contributed by atoms with Crippen molar-refractivity contribution in [3.8, 4) is 0 Å². The molecule has 0 aromatic heterocycles. The van der Waals surface area contributed by atoms with Gasteiger partial charge in [-0.15, -0.1) is 0 Å². The standard InChI is InChI=1S/C24H36O6/c1-13(2)7-10-16-17(11-8-14(3)4)20(23(27)28)21(24(29)30)18(12-9-15(5)6)19(16)22(25)26/h13-15H,7-12H2,1-6H3,(H,25,26)(H,27,28)(H,29,30). The number of hydrogen-bond donors (Lipinski definition) is 3. The molecule has 168 valence electrons. The van der Waals surface area contributed by atoms with E-state index in [0.29, 0.717) is 49.1 Å². The van der Waals surface area contributed by atoms with Crippen molar-refractivity contribution in [3.05, 3.63) is 33.4 Å². The van der Waals surface area contributed by atoms with Crippen LogP contribution in [0.15, 0.2) is 0 Å². The number of hydrogen-bond acceptors (Lipinski definition) is 3. The Hall–Kier alpha value is -2.37. The highest BCUT2D eigenvalue weighted by Crippen LogP contribution is 2.34. The zero-order chi connectivity index (χ0) is 23.2. The van der Waals surface area contributed by atoms with E-state index in [1.807, 2.05) is 41.5 Å². The summed E-state index contributed by atoms with van der Waals surface area (Å²) in [5, 5.41) is 30.0. The summed E-state index contributed by atoms with van der Waals surface area (Å²) in [4.78, 5) is 36.8. The average Bonchev–Trinajstić information content (AvgIpc) is 2.60. The molecule has 1 rings (SSSR count). The van der Waals surface area contributed by atoms with Crippen molar-refractivity contribution in [3.63, 3.8) is 0 Å². The number of carbonyl (C=O) groups is 3. The molecule has 6 heteroatoms. The van der Waals surface area contributed by atoms with Crippen LogP contribution in [0.4, 0.5) is 0 Å². The van der Waals surface area contributed by atoms with Crippen molar-refractivity contribution in [2.45, 2.75) is 80.1 Å². The predicted octanol–water partition coefficient (Wildman–Crippen LogP) is 5.55. The number of benzene rings is 1. The van der Waals surface area contributed by atoms with Crippen LogP contribution in [-0.2, 0) is 19.3 Å². The maximum atomic E-state index is 12.3. The minimum Gasteiger partial charge on any atom is -0.478 e. The molecule has 0 aliphatic heterocycles. The topological polar surface area (TPSA) is 112 Å². The third kappa shape index (κ3) is 6.57. The van der Waals surface area contributed by atoms with Gasteiger partial charge in [0.25, 0.3) is 0 Å². The maximum Gasteiger partial charge on any atom is 0.336 e. The third-order valence-corrected chi connectivity index (χ3v) is 5.38. The van der Waals surface area contributed by atoms with E-state index in [0.717, 1.165) is 0 Å². The molecular weight excluding hydrogens is 384 g/mol. The number of aromatic carboxylic acids is 3. The van der Waals surface area contributed by atoms with E-state index < -0.39 is 17.9 Å². The highest BCUT2D eigenvalue weighted by molar-refractivity contribution is 6.07. The summed E-state index contributed by atoms with van der Waals surface area (Å²) in [6.45, 7) is 12.0. The lowest BCUT2D eigenvalue weighted by Gasteiger charge is -2.23. The highest BCUT2D eigenvalue weighted by Gasteiger charge is 2.32. The largest absolute Gasteiger partial charge is 0.478 e. The molecule has 0 radical (unpaired) electrons. The molecule has 30 heavy (non-hydrogen) atoms. The van der Waals surface area contributed by atoms with Gasteiger partial charge in [0.2, 0.25) is 0 Å². The van der Waals surface area contributed by atoms with Crippen LogP contribution < -0.4 is 0 Å². The monoisotopic (exact) mass is 420 g/mol. The van der Waals surface area contributed by atoms with Crippen molar-refractivity contribution in [2.75, 3.05) is 0 Å².